The van der Waals surface area contributed by atoms with Crippen LogP contribution in [0, 0.1) is 5.82 Å². The first-order chi connectivity index (χ1) is 11.7. The molecule has 2 heterocycles. The summed E-state index contributed by atoms with van der Waals surface area (Å²) in [4.78, 5) is 12.9. The Bertz CT molecular complexity index is 842. The molecule has 0 atom stereocenters. The molecule has 122 valence electrons. The molecule has 0 amide bonds. The van der Waals surface area contributed by atoms with Crippen LogP contribution in [0.25, 0.3) is 11.3 Å². The van der Waals surface area contributed by atoms with Crippen molar-refractivity contribution >= 4 is 29.1 Å². The van der Waals surface area contributed by atoms with E-state index in [1.165, 1.54) is 18.2 Å². The topological polar surface area (TPSA) is 62.7 Å². The summed E-state index contributed by atoms with van der Waals surface area (Å²) in [5.74, 6) is 0.496. The van der Waals surface area contributed by atoms with Crippen LogP contribution in [-0.2, 0) is 0 Å². The van der Waals surface area contributed by atoms with Gasteiger partial charge in [0.15, 0.2) is 0 Å². The summed E-state index contributed by atoms with van der Waals surface area (Å²) < 4.78 is 13.9. The minimum Gasteiger partial charge on any atom is -0.354 e. The molecule has 1 aromatic carbocycles. The first-order valence-electron chi connectivity index (χ1n) is 7.41. The molecule has 0 unspecified atom stereocenters. The summed E-state index contributed by atoms with van der Waals surface area (Å²) >= 11 is 5.93. The molecule has 0 aliphatic carbocycles. The Hall–Kier alpha value is -2.73. The molecular formula is C17H15ClFN5. The van der Waals surface area contributed by atoms with Crippen molar-refractivity contribution in [2.24, 2.45) is 0 Å². The molecule has 0 aliphatic heterocycles. The number of pyridine rings is 1. The summed E-state index contributed by atoms with van der Waals surface area (Å²) in [6.07, 6.45) is 3.40. The Balaban J connectivity index is 2.00. The van der Waals surface area contributed by atoms with E-state index in [4.69, 9.17) is 11.6 Å². The highest BCUT2D eigenvalue weighted by atomic mass is 35.5. The lowest BCUT2D eigenvalue weighted by atomic mass is 10.2. The van der Waals surface area contributed by atoms with E-state index in [0.717, 1.165) is 5.56 Å². The van der Waals surface area contributed by atoms with Crippen molar-refractivity contribution in [3.8, 4) is 11.3 Å². The zero-order chi connectivity index (χ0) is 16.9. The molecule has 0 fully saturated rings. The molecule has 5 nitrogen and oxygen atoms in total. The van der Waals surface area contributed by atoms with Gasteiger partial charge in [-0.05, 0) is 37.3 Å². The number of anilines is 3. The zero-order valence-corrected chi connectivity index (χ0v) is 13.7. The first kappa shape index (κ1) is 16.1. The van der Waals surface area contributed by atoms with Gasteiger partial charge in [0.1, 0.15) is 11.6 Å². The van der Waals surface area contributed by atoms with Gasteiger partial charge in [-0.25, -0.2) is 9.37 Å². The second-order valence-corrected chi connectivity index (χ2v) is 5.42. The third kappa shape index (κ3) is 3.78. The van der Waals surface area contributed by atoms with Crippen molar-refractivity contribution in [3.05, 3.63) is 59.6 Å². The fourth-order valence-electron chi connectivity index (χ4n) is 2.14. The minimum absolute atomic E-state index is 0.251. The molecule has 2 N–H and O–H groups in total. The van der Waals surface area contributed by atoms with Crippen LogP contribution in [-0.4, -0.2) is 21.5 Å². The highest BCUT2D eigenvalue weighted by Gasteiger charge is 2.09. The second-order valence-electron chi connectivity index (χ2n) is 4.98. The normalized spacial score (nSPS) is 10.5. The summed E-state index contributed by atoms with van der Waals surface area (Å²) in [6, 6.07) is 9.77. The minimum atomic E-state index is -0.411. The highest BCUT2D eigenvalue weighted by Crippen LogP contribution is 2.26. The first-order valence-corrected chi connectivity index (χ1v) is 7.79. The molecule has 7 heteroatoms. The molecule has 0 saturated carbocycles. The number of hydrogen-bond acceptors (Lipinski definition) is 5. The number of benzene rings is 1. The number of aromatic nitrogens is 3. The fourth-order valence-corrected chi connectivity index (χ4v) is 2.31. The van der Waals surface area contributed by atoms with E-state index >= 15 is 0 Å². The Morgan fingerprint density at radius 3 is 2.79 bits per heavy atom. The predicted molar refractivity (Wildman–Crippen MR) is 94.1 cm³/mol. The lowest BCUT2D eigenvalue weighted by molar-refractivity contribution is 0.632. The van der Waals surface area contributed by atoms with Crippen LogP contribution >= 0.6 is 11.6 Å². The van der Waals surface area contributed by atoms with Gasteiger partial charge in [0.25, 0.3) is 0 Å². The number of nitrogens with one attached hydrogen (secondary N) is 2. The van der Waals surface area contributed by atoms with Crippen LogP contribution < -0.4 is 10.6 Å². The SMILES string of the molecule is CCNc1nc(Nc2cc(Cl)ccc2F)cc(-c2cccnc2)n1. The molecular weight excluding hydrogens is 329 g/mol. The second kappa shape index (κ2) is 7.23. The molecule has 0 spiro atoms. The van der Waals surface area contributed by atoms with Gasteiger partial charge in [0.05, 0.1) is 11.4 Å². The van der Waals surface area contributed by atoms with Gasteiger partial charge in [-0.3, -0.25) is 4.98 Å². The average molecular weight is 344 g/mol. The monoisotopic (exact) mass is 343 g/mol. The number of halogens is 2. The van der Waals surface area contributed by atoms with Gasteiger partial charge >= 0.3 is 0 Å². The maximum atomic E-state index is 13.9. The largest absolute Gasteiger partial charge is 0.354 e. The van der Waals surface area contributed by atoms with Crippen LogP contribution in [0.4, 0.5) is 21.8 Å². The maximum Gasteiger partial charge on any atom is 0.225 e. The summed E-state index contributed by atoms with van der Waals surface area (Å²) in [6.45, 7) is 2.62. The molecule has 3 rings (SSSR count). The van der Waals surface area contributed by atoms with Crippen molar-refractivity contribution in [3.63, 3.8) is 0 Å². The fraction of sp³-hybridized carbons (Fsp3) is 0.118. The van der Waals surface area contributed by atoms with E-state index in [0.29, 0.717) is 29.0 Å². The van der Waals surface area contributed by atoms with Crippen LogP contribution in [0.1, 0.15) is 6.92 Å². The number of rotatable bonds is 5. The Morgan fingerprint density at radius 1 is 1.17 bits per heavy atom. The molecule has 3 aromatic rings. The van der Waals surface area contributed by atoms with Crippen molar-refractivity contribution in [1.82, 2.24) is 15.0 Å². The van der Waals surface area contributed by atoms with Gasteiger partial charge in [-0.1, -0.05) is 11.6 Å². The number of hydrogen-bond donors (Lipinski definition) is 2. The third-order valence-corrected chi connectivity index (χ3v) is 3.44. The van der Waals surface area contributed by atoms with Crippen molar-refractivity contribution in [2.45, 2.75) is 6.92 Å². The summed E-state index contributed by atoms with van der Waals surface area (Å²) in [5.41, 5.74) is 1.77. The molecule has 24 heavy (non-hydrogen) atoms. The van der Waals surface area contributed by atoms with Crippen LogP contribution in [0.5, 0.6) is 0 Å². The van der Waals surface area contributed by atoms with E-state index in [-0.39, 0.29) is 5.69 Å². The zero-order valence-electron chi connectivity index (χ0n) is 12.9. The van der Waals surface area contributed by atoms with Crippen LogP contribution in [0.3, 0.4) is 0 Å². The average Bonchev–Trinajstić information content (AvgIpc) is 2.59. The Kier molecular flexibility index (Phi) is 4.86. The summed E-state index contributed by atoms with van der Waals surface area (Å²) in [7, 11) is 0. The van der Waals surface area contributed by atoms with E-state index in [2.05, 4.69) is 25.6 Å². The Morgan fingerprint density at radius 2 is 2.04 bits per heavy atom. The molecule has 2 aromatic heterocycles. The van der Waals surface area contributed by atoms with Gasteiger partial charge < -0.3 is 10.6 Å². The van der Waals surface area contributed by atoms with E-state index in [1.54, 1.807) is 18.5 Å². The van der Waals surface area contributed by atoms with Gasteiger partial charge in [0, 0.05) is 35.6 Å². The molecule has 0 saturated heterocycles. The predicted octanol–water partition coefficient (Wildman–Crippen LogP) is 4.51. The van der Waals surface area contributed by atoms with Crippen LogP contribution in [0.2, 0.25) is 5.02 Å². The van der Waals surface area contributed by atoms with Gasteiger partial charge in [-0.2, -0.15) is 4.98 Å². The molecule has 0 bridgehead atoms. The molecule has 0 radical (unpaired) electrons. The highest BCUT2D eigenvalue weighted by molar-refractivity contribution is 6.30. The van der Waals surface area contributed by atoms with Gasteiger partial charge in [0.2, 0.25) is 5.95 Å². The maximum absolute atomic E-state index is 13.9. The smallest absolute Gasteiger partial charge is 0.225 e. The summed E-state index contributed by atoms with van der Waals surface area (Å²) in [5, 5.41) is 6.46. The lowest BCUT2D eigenvalue weighted by Crippen LogP contribution is -2.06. The van der Waals surface area contributed by atoms with Crippen LogP contribution in [0.15, 0.2) is 48.8 Å². The van der Waals surface area contributed by atoms with Crippen molar-refractivity contribution in [2.75, 3.05) is 17.2 Å². The quantitative estimate of drug-likeness (QED) is 0.713. The van der Waals surface area contributed by atoms with E-state index < -0.39 is 5.82 Å². The van der Waals surface area contributed by atoms with E-state index in [9.17, 15) is 4.39 Å². The van der Waals surface area contributed by atoms with E-state index in [1.807, 2.05) is 19.1 Å². The number of nitrogens with zero attached hydrogens (tertiary/aromatic N) is 3. The Labute approximate surface area is 144 Å². The van der Waals surface area contributed by atoms with Gasteiger partial charge in [-0.15, -0.1) is 0 Å². The standard InChI is InChI=1S/C17H15ClFN5/c1-2-21-17-23-14(11-4-3-7-20-10-11)9-16(24-17)22-15-8-12(18)5-6-13(15)19/h3-10H,2H2,1H3,(H2,21,22,23,24). The molecule has 0 aliphatic rings. The van der Waals surface area contributed by atoms with Crippen molar-refractivity contribution in [1.29, 1.82) is 0 Å². The lowest BCUT2D eigenvalue weighted by Gasteiger charge is -2.11. The van der Waals surface area contributed by atoms with Crippen molar-refractivity contribution < 1.29 is 4.39 Å². The third-order valence-electron chi connectivity index (χ3n) is 3.21.